The van der Waals surface area contributed by atoms with Crippen molar-refractivity contribution < 1.29 is 19.5 Å². The van der Waals surface area contributed by atoms with Gasteiger partial charge in [0.25, 0.3) is 0 Å². The fraction of sp³-hybridized carbons (Fsp3) is 0.812. The molecule has 1 rings (SSSR count). The first-order valence-corrected chi connectivity index (χ1v) is 9.80. The summed E-state index contributed by atoms with van der Waals surface area (Å²) in [5.41, 5.74) is 5.83. The molecule has 7 nitrogen and oxygen atoms in total. The van der Waals surface area contributed by atoms with Crippen molar-refractivity contribution in [3.8, 4) is 0 Å². The third kappa shape index (κ3) is 7.09. The normalized spacial score (nSPS) is 23.1. The molecule has 1 aliphatic rings. The zero-order valence-corrected chi connectivity index (χ0v) is 15.2. The molecule has 24 heavy (non-hydrogen) atoms. The number of rotatable bonds is 9. The Morgan fingerprint density at radius 1 is 1.25 bits per heavy atom. The topological polar surface area (TPSA) is 122 Å². The van der Waals surface area contributed by atoms with E-state index in [1.54, 1.807) is 11.8 Å². The lowest BCUT2D eigenvalue weighted by atomic mass is 9.81. The van der Waals surface area contributed by atoms with Crippen LogP contribution < -0.4 is 16.4 Å². The van der Waals surface area contributed by atoms with Crippen LogP contribution in [-0.2, 0) is 14.4 Å². The molecule has 0 saturated heterocycles. The number of amides is 2. The molecule has 2 amide bonds. The van der Waals surface area contributed by atoms with Crippen molar-refractivity contribution in [1.29, 1.82) is 0 Å². The zero-order chi connectivity index (χ0) is 18.1. The number of nitrogens with one attached hydrogen (secondary N) is 2. The fourth-order valence-corrected chi connectivity index (χ4v) is 3.26. The van der Waals surface area contributed by atoms with Crippen molar-refractivity contribution in [3.63, 3.8) is 0 Å². The molecule has 5 N–H and O–H groups in total. The van der Waals surface area contributed by atoms with Gasteiger partial charge in [0, 0.05) is 12.5 Å². The Morgan fingerprint density at radius 2 is 1.88 bits per heavy atom. The fourth-order valence-electron chi connectivity index (χ4n) is 2.77. The van der Waals surface area contributed by atoms with Gasteiger partial charge in [-0.1, -0.05) is 0 Å². The van der Waals surface area contributed by atoms with Gasteiger partial charge in [0.2, 0.25) is 11.8 Å². The molecule has 0 aliphatic heterocycles. The molecule has 0 radical (unpaired) electrons. The maximum absolute atomic E-state index is 12.0. The molecule has 0 aromatic rings. The Balaban J connectivity index is 2.27. The van der Waals surface area contributed by atoms with Crippen LogP contribution in [0.1, 0.15) is 39.0 Å². The monoisotopic (exact) mass is 359 g/mol. The molecule has 0 aromatic carbocycles. The standard InChI is InChI=1S/C16H29N3O4S/c1-10(16(22)23)19-14(20)12-5-3-11(4-6-12)9-18-15(21)13(17)7-8-24-2/h10-13H,3-9,17H2,1-2H3,(H,18,21)(H,19,20)(H,22,23). The second kappa shape index (κ2) is 10.6. The van der Waals surface area contributed by atoms with E-state index in [9.17, 15) is 14.4 Å². The average Bonchev–Trinajstić information content (AvgIpc) is 2.57. The highest BCUT2D eigenvalue weighted by atomic mass is 32.2. The second-order valence-corrected chi connectivity index (χ2v) is 7.40. The van der Waals surface area contributed by atoms with E-state index in [2.05, 4.69) is 10.6 Å². The minimum Gasteiger partial charge on any atom is -0.480 e. The molecule has 0 heterocycles. The molecule has 1 aliphatic carbocycles. The van der Waals surface area contributed by atoms with Crippen molar-refractivity contribution in [1.82, 2.24) is 10.6 Å². The Labute approximate surface area is 147 Å². The highest BCUT2D eigenvalue weighted by molar-refractivity contribution is 7.98. The summed E-state index contributed by atoms with van der Waals surface area (Å²) in [5.74, 6) is -0.253. The summed E-state index contributed by atoms with van der Waals surface area (Å²) < 4.78 is 0. The van der Waals surface area contributed by atoms with Gasteiger partial charge < -0.3 is 21.5 Å². The number of carboxylic acid groups (broad SMARTS) is 1. The lowest BCUT2D eigenvalue weighted by Crippen LogP contribution is -2.44. The number of nitrogens with two attached hydrogens (primary N) is 1. The average molecular weight is 359 g/mol. The highest BCUT2D eigenvalue weighted by Crippen LogP contribution is 2.28. The molecule has 0 spiro atoms. The number of thioether (sulfide) groups is 1. The second-order valence-electron chi connectivity index (χ2n) is 6.42. The summed E-state index contributed by atoms with van der Waals surface area (Å²) in [6, 6.07) is -1.32. The predicted molar refractivity (Wildman–Crippen MR) is 94.7 cm³/mol. The third-order valence-electron chi connectivity index (χ3n) is 4.48. The first-order valence-electron chi connectivity index (χ1n) is 8.40. The van der Waals surface area contributed by atoms with Crippen LogP contribution in [0.4, 0.5) is 0 Å². The van der Waals surface area contributed by atoms with E-state index in [1.165, 1.54) is 6.92 Å². The van der Waals surface area contributed by atoms with Gasteiger partial charge in [0.05, 0.1) is 6.04 Å². The maximum atomic E-state index is 12.0. The molecule has 0 bridgehead atoms. The van der Waals surface area contributed by atoms with Crippen molar-refractivity contribution >= 4 is 29.5 Å². The van der Waals surface area contributed by atoms with Gasteiger partial charge in [-0.15, -0.1) is 0 Å². The van der Waals surface area contributed by atoms with Gasteiger partial charge in [-0.05, 0) is 57.0 Å². The predicted octanol–water partition coefficient (Wildman–Crippen LogP) is 0.579. The van der Waals surface area contributed by atoms with E-state index < -0.39 is 18.1 Å². The summed E-state index contributed by atoms with van der Waals surface area (Å²) >= 11 is 1.67. The smallest absolute Gasteiger partial charge is 0.325 e. The largest absolute Gasteiger partial charge is 0.480 e. The lowest BCUT2D eigenvalue weighted by Gasteiger charge is -2.28. The van der Waals surface area contributed by atoms with Crippen LogP contribution in [0.25, 0.3) is 0 Å². The number of hydrogen-bond acceptors (Lipinski definition) is 5. The van der Waals surface area contributed by atoms with Gasteiger partial charge in [-0.3, -0.25) is 14.4 Å². The van der Waals surface area contributed by atoms with Gasteiger partial charge in [-0.25, -0.2) is 0 Å². The number of carboxylic acids is 1. The molecule has 0 aromatic heterocycles. The molecular formula is C16H29N3O4S. The van der Waals surface area contributed by atoms with Crippen LogP contribution >= 0.6 is 11.8 Å². The number of aliphatic carboxylic acids is 1. The summed E-state index contributed by atoms with van der Waals surface area (Å²) in [7, 11) is 0. The van der Waals surface area contributed by atoms with Crippen LogP contribution in [0.2, 0.25) is 0 Å². The quantitative estimate of drug-likeness (QED) is 0.478. The van der Waals surface area contributed by atoms with Crippen molar-refractivity contribution in [2.45, 2.75) is 51.1 Å². The Bertz CT molecular complexity index is 439. The lowest BCUT2D eigenvalue weighted by molar-refractivity contribution is -0.142. The van der Waals surface area contributed by atoms with Crippen LogP contribution in [-0.4, -0.2) is 53.5 Å². The number of hydrogen-bond donors (Lipinski definition) is 4. The number of carbonyl (C=O) groups is 3. The molecule has 2 atom stereocenters. The van der Waals surface area contributed by atoms with Crippen molar-refractivity contribution in [2.24, 2.45) is 17.6 Å². The molecule has 2 unspecified atom stereocenters. The van der Waals surface area contributed by atoms with E-state index in [0.717, 1.165) is 31.4 Å². The number of carbonyl (C=O) groups excluding carboxylic acids is 2. The summed E-state index contributed by atoms with van der Waals surface area (Å²) in [5, 5.41) is 14.2. The van der Waals surface area contributed by atoms with E-state index in [1.807, 2.05) is 6.26 Å². The minimum atomic E-state index is -1.03. The summed E-state index contributed by atoms with van der Waals surface area (Å²) in [6.45, 7) is 2.05. The molecular weight excluding hydrogens is 330 g/mol. The molecule has 1 saturated carbocycles. The zero-order valence-electron chi connectivity index (χ0n) is 14.4. The highest BCUT2D eigenvalue weighted by Gasteiger charge is 2.28. The minimum absolute atomic E-state index is 0.112. The van der Waals surface area contributed by atoms with Gasteiger partial charge in [-0.2, -0.15) is 11.8 Å². The first-order chi connectivity index (χ1) is 11.3. The summed E-state index contributed by atoms with van der Waals surface area (Å²) in [6.07, 6.45) is 5.78. The maximum Gasteiger partial charge on any atom is 0.325 e. The van der Waals surface area contributed by atoms with Crippen molar-refractivity contribution in [2.75, 3.05) is 18.6 Å². The van der Waals surface area contributed by atoms with Gasteiger partial charge in [0.1, 0.15) is 6.04 Å². The van der Waals surface area contributed by atoms with E-state index in [-0.39, 0.29) is 17.7 Å². The van der Waals surface area contributed by atoms with Gasteiger partial charge >= 0.3 is 5.97 Å². The molecule has 1 fully saturated rings. The van der Waals surface area contributed by atoms with Crippen LogP contribution in [0.15, 0.2) is 0 Å². The van der Waals surface area contributed by atoms with E-state index in [0.29, 0.717) is 18.9 Å². The SMILES string of the molecule is CSCCC(N)C(=O)NCC1CCC(C(=O)NC(C)C(=O)O)CC1. The van der Waals surface area contributed by atoms with Crippen LogP contribution in [0.5, 0.6) is 0 Å². The third-order valence-corrected chi connectivity index (χ3v) is 5.13. The Hall–Kier alpha value is -1.28. The molecule has 8 heteroatoms. The van der Waals surface area contributed by atoms with E-state index >= 15 is 0 Å². The summed E-state index contributed by atoms with van der Waals surface area (Å²) in [4.78, 5) is 34.7. The Kier molecular flexibility index (Phi) is 9.13. The van der Waals surface area contributed by atoms with Gasteiger partial charge in [0.15, 0.2) is 0 Å². The Morgan fingerprint density at radius 3 is 2.42 bits per heavy atom. The first kappa shape index (κ1) is 20.8. The van der Waals surface area contributed by atoms with Crippen LogP contribution in [0, 0.1) is 11.8 Å². The van der Waals surface area contributed by atoms with Crippen LogP contribution in [0.3, 0.4) is 0 Å². The van der Waals surface area contributed by atoms with E-state index in [4.69, 9.17) is 10.8 Å². The van der Waals surface area contributed by atoms with Crippen molar-refractivity contribution in [3.05, 3.63) is 0 Å². The molecule has 138 valence electrons.